The third-order valence-electron chi connectivity index (χ3n) is 6.30. The first kappa shape index (κ1) is 25.3. The molecule has 3 aromatic carbocycles. The average molecular weight is 530 g/mol. The van der Waals surface area contributed by atoms with Gasteiger partial charge in [-0.15, -0.1) is 0 Å². The number of anilines is 2. The molecular formula is C29H27N3O5S. The molecule has 1 amide bonds. The van der Waals surface area contributed by atoms with Crippen molar-refractivity contribution in [2.75, 3.05) is 23.3 Å². The first-order chi connectivity index (χ1) is 18.3. The summed E-state index contributed by atoms with van der Waals surface area (Å²) >= 11 is 0. The predicted molar refractivity (Wildman–Crippen MR) is 145 cm³/mol. The second-order valence-corrected chi connectivity index (χ2v) is 10.9. The number of hydrogen-bond acceptors (Lipinski definition) is 6. The predicted octanol–water partition coefficient (Wildman–Crippen LogP) is 4.58. The summed E-state index contributed by atoms with van der Waals surface area (Å²) in [7, 11) is -2.46. The SMILES string of the molecule is COc1ccc(S(=O)(=O)N2C[C@H](C(=O)Nc3ccc(Cc4ccncc4)cc3)Oc3cc(C)ccc32)cc1. The van der Waals surface area contributed by atoms with Gasteiger partial charge in [-0.1, -0.05) is 18.2 Å². The van der Waals surface area contributed by atoms with Crippen LogP contribution in [0.15, 0.2) is 96.2 Å². The highest BCUT2D eigenvalue weighted by Gasteiger charge is 2.37. The fraction of sp³-hybridized carbons (Fsp3) is 0.172. The molecule has 0 bridgehead atoms. The van der Waals surface area contributed by atoms with Crippen LogP contribution in [0.1, 0.15) is 16.7 Å². The van der Waals surface area contributed by atoms with E-state index in [1.165, 1.54) is 23.5 Å². The fourth-order valence-electron chi connectivity index (χ4n) is 4.27. The van der Waals surface area contributed by atoms with Gasteiger partial charge in [-0.3, -0.25) is 14.1 Å². The highest BCUT2D eigenvalue weighted by atomic mass is 32.2. The molecule has 0 radical (unpaired) electrons. The van der Waals surface area contributed by atoms with Gasteiger partial charge in [0, 0.05) is 18.1 Å². The molecule has 9 heteroatoms. The van der Waals surface area contributed by atoms with Gasteiger partial charge in [-0.25, -0.2) is 8.42 Å². The van der Waals surface area contributed by atoms with Crippen LogP contribution in [0.3, 0.4) is 0 Å². The minimum atomic E-state index is -3.97. The Morgan fingerprint density at radius 3 is 2.37 bits per heavy atom. The third-order valence-corrected chi connectivity index (χ3v) is 8.10. The van der Waals surface area contributed by atoms with Crippen LogP contribution in [-0.4, -0.2) is 39.1 Å². The molecule has 2 heterocycles. The number of methoxy groups -OCH3 is 1. The molecule has 0 fully saturated rings. The zero-order valence-electron chi connectivity index (χ0n) is 21.0. The number of sulfonamides is 1. The molecule has 0 unspecified atom stereocenters. The van der Waals surface area contributed by atoms with E-state index in [-0.39, 0.29) is 11.4 Å². The van der Waals surface area contributed by atoms with Crippen LogP contribution in [0, 0.1) is 6.92 Å². The normalized spacial score (nSPS) is 14.8. The number of pyridine rings is 1. The quantitative estimate of drug-likeness (QED) is 0.376. The summed E-state index contributed by atoms with van der Waals surface area (Å²) in [6, 6.07) is 22.8. The Labute approximate surface area is 221 Å². The zero-order chi connectivity index (χ0) is 26.7. The number of rotatable bonds is 7. The van der Waals surface area contributed by atoms with Crippen molar-refractivity contribution in [2.24, 2.45) is 0 Å². The molecule has 1 N–H and O–H groups in total. The summed E-state index contributed by atoms with van der Waals surface area (Å²) in [4.78, 5) is 17.4. The number of fused-ring (bicyclic) bond motifs is 1. The van der Waals surface area contributed by atoms with Crippen molar-refractivity contribution < 1.29 is 22.7 Å². The summed E-state index contributed by atoms with van der Waals surface area (Å²) in [6.45, 7) is 1.71. The van der Waals surface area contributed by atoms with E-state index >= 15 is 0 Å². The minimum absolute atomic E-state index is 0.0932. The number of benzene rings is 3. The lowest BCUT2D eigenvalue weighted by Crippen LogP contribution is -2.48. The van der Waals surface area contributed by atoms with E-state index in [9.17, 15) is 13.2 Å². The molecule has 0 saturated heterocycles. The summed E-state index contributed by atoms with van der Waals surface area (Å²) in [5, 5.41) is 2.86. The number of amides is 1. The standard InChI is InChI=1S/C29H27N3O5S/c1-20-3-12-26-27(17-20)37-28(19-32(26)38(34,35)25-10-8-24(36-2)9-11-25)29(33)31-23-6-4-21(5-7-23)18-22-13-15-30-16-14-22/h3-17,28H,18-19H2,1-2H3,(H,31,33)/t28-/m1/s1. The molecule has 8 nitrogen and oxygen atoms in total. The largest absolute Gasteiger partial charge is 0.497 e. The molecule has 0 spiro atoms. The van der Waals surface area contributed by atoms with E-state index in [0.717, 1.165) is 23.1 Å². The monoisotopic (exact) mass is 529 g/mol. The van der Waals surface area contributed by atoms with E-state index < -0.39 is 22.0 Å². The van der Waals surface area contributed by atoms with Crippen LogP contribution in [0.5, 0.6) is 11.5 Å². The van der Waals surface area contributed by atoms with Gasteiger partial charge in [0.25, 0.3) is 15.9 Å². The van der Waals surface area contributed by atoms with Gasteiger partial charge in [0.15, 0.2) is 6.10 Å². The van der Waals surface area contributed by atoms with Crippen LogP contribution in [0.2, 0.25) is 0 Å². The summed E-state index contributed by atoms with van der Waals surface area (Å²) in [5.74, 6) is 0.446. The second-order valence-electron chi connectivity index (χ2n) is 9.01. The lowest BCUT2D eigenvalue weighted by atomic mass is 10.1. The first-order valence-electron chi connectivity index (χ1n) is 12.1. The molecule has 1 aliphatic heterocycles. The van der Waals surface area contributed by atoms with Gasteiger partial charge in [0.05, 0.1) is 24.2 Å². The maximum absolute atomic E-state index is 13.6. The van der Waals surface area contributed by atoms with Crippen LogP contribution in [0.25, 0.3) is 0 Å². The van der Waals surface area contributed by atoms with Crippen LogP contribution in [0.4, 0.5) is 11.4 Å². The fourth-order valence-corrected chi connectivity index (χ4v) is 5.74. The summed E-state index contributed by atoms with van der Waals surface area (Å²) in [5.41, 5.74) is 4.09. The summed E-state index contributed by atoms with van der Waals surface area (Å²) < 4.78 is 39.7. The van der Waals surface area contributed by atoms with Crippen molar-refractivity contribution in [1.82, 2.24) is 4.98 Å². The van der Waals surface area contributed by atoms with Gasteiger partial charge in [0.1, 0.15) is 11.5 Å². The van der Waals surface area contributed by atoms with E-state index in [4.69, 9.17) is 9.47 Å². The molecule has 1 atom stereocenters. The lowest BCUT2D eigenvalue weighted by Gasteiger charge is -2.35. The van der Waals surface area contributed by atoms with E-state index in [0.29, 0.717) is 22.9 Å². The van der Waals surface area contributed by atoms with E-state index in [1.807, 2.05) is 49.4 Å². The number of carbonyl (C=O) groups is 1. The summed E-state index contributed by atoms with van der Waals surface area (Å²) in [6.07, 6.45) is 3.21. The number of aryl methyl sites for hydroxylation is 1. The number of hydrogen-bond donors (Lipinski definition) is 1. The molecule has 1 aromatic heterocycles. The smallest absolute Gasteiger partial charge is 0.267 e. The lowest BCUT2D eigenvalue weighted by molar-refractivity contribution is -0.122. The maximum atomic E-state index is 13.6. The van der Waals surface area contributed by atoms with Crippen LogP contribution >= 0.6 is 0 Å². The third kappa shape index (κ3) is 5.33. The Kier molecular flexibility index (Phi) is 7.02. The van der Waals surface area contributed by atoms with Crippen molar-refractivity contribution in [3.63, 3.8) is 0 Å². The number of nitrogens with zero attached hydrogens (tertiary/aromatic N) is 2. The van der Waals surface area contributed by atoms with Crippen molar-refractivity contribution in [2.45, 2.75) is 24.3 Å². The Hall–Kier alpha value is -4.37. The number of carbonyl (C=O) groups excluding carboxylic acids is 1. The van der Waals surface area contributed by atoms with Crippen LogP contribution < -0.4 is 19.1 Å². The molecule has 0 saturated carbocycles. The van der Waals surface area contributed by atoms with Gasteiger partial charge in [-0.2, -0.15) is 0 Å². The zero-order valence-corrected chi connectivity index (χ0v) is 21.8. The Balaban J connectivity index is 1.36. The first-order valence-corrected chi connectivity index (χ1v) is 13.5. The molecule has 5 rings (SSSR count). The molecular weight excluding hydrogens is 502 g/mol. The van der Waals surface area contributed by atoms with Gasteiger partial charge in [-0.05, 0) is 90.7 Å². The number of ether oxygens (including phenoxy) is 2. The molecule has 194 valence electrons. The van der Waals surface area contributed by atoms with Crippen LogP contribution in [-0.2, 0) is 21.2 Å². The average Bonchev–Trinajstić information content (AvgIpc) is 2.94. The Morgan fingerprint density at radius 1 is 1.00 bits per heavy atom. The highest BCUT2D eigenvalue weighted by Crippen LogP contribution is 2.38. The van der Waals surface area contributed by atoms with Crippen molar-refractivity contribution in [1.29, 1.82) is 0 Å². The minimum Gasteiger partial charge on any atom is -0.497 e. The van der Waals surface area contributed by atoms with Crippen molar-refractivity contribution >= 4 is 27.3 Å². The number of aromatic nitrogens is 1. The van der Waals surface area contributed by atoms with Gasteiger partial charge < -0.3 is 14.8 Å². The molecule has 38 heavy (non-hydrogen) atoms. The maximum Gasteiger partial charge on any atom is 0.267 e. The van der Waals surface area contributed by atoms with E-state index in [2.05, 4.69) is 10.3 Å². The molecule has 4 aromatic rings. The molecule has 1 aliphatic rings. The molecule has 0 aliphatic carbocycles. The topological polar surface area (TPSA) is 97.8 Å². The second kappa shape index (κ2) is 10.5. The van der Waals surface area contributed by atoms with Gasteiger partial charge >= 0.3 is 0 Å². The Morgan fingerprint density at radius 2 is 1.68 bits per heavy atom. The highest BCUT2D eigenvalue weighted by molar-refractivity contribution is 7.92. The Bertz CT molecular complexity index is 1540. The van der Waals surface area contributed by atoms with E-state index in [1.54, 1.807) is 36.7 Å². The van der Waals surface area contributed by atoms with Crippen molar-refractivity contribution in [3.05, 3.63) is 108 Å². The van der Waals surface area contributed by atoms with Gasteiger partial charge in [0.2, 0.25) is 0 Å². The number of nitrogens with one attached hydrogen (secondary N) is 1. The van der Waals surface area contributed by atoms with Crippen molar-refractivity contribution in [3.8, 4) is 11.5 Å².